The Labute approximate surface area is 118 Å². The zero-order valence-corrected chi connectivity index (χ0v) is 12.5. The highest BCUT2D eigenvalue weighted by Gasteiger charge is 2.30. The van der Waals surface area contributed by atoms with E-state index in [9.17, 15) is 4.79 Å². The van der Waals surface area contributed by atoms with Gasteiger partial charge in [0.15, 0.2) is 5.17 Å². The quantitative estimate of drug-likeness (QED) is 0.924. The fraction of sp³-hybridized carbons (Fsp3) is 0.429. The Balaban J connectivity index is 2.54. The minimum absolute atomic E-state index is 0.00666. The summed E-state index contributed by atoms with van der Waals surface area (Å²) in [5.74, 6) is 0.674. The second-order valence-electron chi connectivity index (χ2n) is 5.12. The van der Waals surface area contributed by atoms with Gasteiger partial charge in [-0.3, -0.25) is 15.1 Å². The molecule has 0 aliphatic carbocycles. The molecule has 1 heterocycles. The maximum absolute atomic E-state index is 12.0. The molecule has 0 bridgehead atoms. The van der Waals surface area contributed by atoms with Crippen LogP contribution < -0.4 is 9.80 Å². The zero-order valence-electron chi connectivity index (χ0n) is 11.7. The Hall–Kier alpha value is -1.49. The monoisotopic (exact) mass is 277 g/mol. The smallest absolute Gasteiger partial charge is 0.243 e. The van der Waals surface area contributed by atoms with E-state index in [-0.39, 0.29) is 5.91 Å². The fourth-order valence-electron chi connectivity index (χ4n) is 2.11. The summed E-state index contributed by atoms with van der Waals surface area (Å²) in [4.78, 5) is 15.5. The molecule has 4 nitrogen and oxygen atoms in total. The van der Waals surface area contributed by atoms with E-state index in [1.807, 2.05) is 25.1 Å². The molecular weight excluding hydrogens is 258 g/mol. The van der Waals surface area contributed by atoms with Gasteiger partial charge in [-0.15, -0.1) is 0 Å². The van der Waals surface area contributed by atoms with E-state index in [1.165, 1.54) is 16.7 Å². The summed E-state index contributed by atoms with van der Waals surface area (Å²) in [6.45, 7) is 4.21. The van der Waals surface area contributed by atoms with Gasteiger partial charge in [-0.25, -0.2) is 0 Å². The van der Waals surface area contributed by atoms with E-state index < -0.39 is 0 Å². The maximum atomic E-state index is 12.0. The largest absolute Gasteiger partial charge is 0.378 e. The SMILES string of the molecule is CC(C)c1ccc(N(C)C)cc1N1C(=N)SCC1=O. The maximum Gasteiger partial charge on any atom is 0.243 e. The lowest BCUT2D eigenvalue weighted by Crippen LogP contribution is -2.30. The van der Waals surface area contributed by atoms with Crippen molar-refractivity contribution >= 4 is 34.2 Å². The highest BCUT2D eigenvalue weighted by molar-refractivity contribution is 8.15. The number of nitrogens with zero attached hydrogens (tertiary/aromatic N) is 2. The van der Waals surface area contributed by atoms with Crippen LogP contribution in [0, 0.1) is 5.41 Å². The molecule has 0 saturated carbocycles. The van der Waals surface area contributed by atoms with E-state index in [1.54, 1.807) is 0 Å². The summed E-state index contributed by atoms with van der Waals surface area (Å²) >= 11 is 1.29. The number of anilines is 2. The van der Waals surface area contributed by atoms with Gasteiger partial charge in [0.1, 0.15) is 0 Å². The minimum Gasteiger partial charge on any atom is -0.378 e. The second kappa shape index (κ2) is 5.25. The first-order chi connectivity index (χ1) is 8.91. The van der Waals surface area contributed by atoms with E-state index in [0.29, 0.717) is 16.8 Å². The molecule has 0 aromatic heterocycles. The van der Waals surface area contributed by atoms with Crippen LogP contribution in [0.25, 0.3) is 0 Å². The lowest BCUT2D eigenvalue weighted by Gasteiger charge is -2.23. The molecule has 1 N–H and O–H groups in total. The topological polar surface area (TPSA) is 47.4 Å². The molecule has 1 aromatic carbocycles. The molecule has 0 spiro atoms. The van der Waals surface area contributed by atoms with Crippen LogP contribution in [-0.2, 0) is 4.79 Å². The number of rotatable bonds is 3. The molecule has 1 aliphatic heterocycles. The molecule has 2 rings (SSSR count). The van der Waals surface area contributed by atoms with Gasteiger partial charge < -0.3 is 4.90 Å². The number of carbonyl (C=O) groups is 1. The standard InChI is InChI=1S/C14H19N3OS/c1-9(2)11-6-5-10(16(3)4)7-12(11)17-13(18)8-19-14(17)15/h5-7,9,15H,8H2,1-4H3. The van der Waals surface area contributed by atoms with Crippen molar-refractivity contribution in [1.82, 2.24) is 0 Å². The molecule has 0 unspecified atom stereocenters. The zero-order chi connectivity index (χ0) is 14.2. The summed E-state index contributed by atoms with van der Waals surface area (Å²) < 4.78 is 0. The number of hydrogen-bond acceptors (Lipinski definition) is 4. The van der Waals surface area contributed by atoms with E-state index in [4.69, 9.17) is 5.41 Å². The summed E-state index contributed by atoms with van der Waals surface area (Å²) in [6.07, 6.45) is 0. The molecular formula is C14H19N3OS. The van der Waals surface area contributed by atoms with Gasteiger partial charge in [-0.2, -0.15) is 0 Å². The molecule has 102 valence electrons. The molecule has 1 aromatic rings. The van der Waals surface area contributed by atoms with Gasteiger partial charge in [0.2, 0.25) is 5.91 Å². The minimum atomic E-state index is -0.00666. The lowest BCUT2D eigenvalue weighted by atomic mass is 9.99. The number of nitrogens with one attached hydrogen (secondary N) is 1. The first kappa shape index (κ1) is 13.9. The van der Waals surface area contributed by atoms with Crippen LogP contribution >= 0.6 is 11.8 Å². The van der Waals surface area contributed by atoms with Crippen molar-refractivity contribution in [3.05, 3.63) is 23.8 Å². The molecule has 1 fully saturated rings. The molecule has 19 heavy (non-hydrogen) atoms. The number of amides is 1. The number of carbonyl (C=O) groups excluding carboxylic acids is 1. The molecule has 1 saturated heterocycles. The highest BCUT2D eigenvalue weighted by Crippen LogP contribution is 2.35. The van der Waals surface area contributed by atoms with Gasteiger partial charge in [0, 0.05) is 19.8 Å². The van der Waals surface area contributed by atoms with E-state index >= 15 is 0 Å². The number of thioether (sulfide) groups is 1. The summed E-state index contributed by atoms with van der Waals surface area (Å²) in [6, 6.07) is 6.10. The van der Waals surface area contributed by atoms with Crippen molar-refractivity contribution in [2.45, 2.75) is 19.8 Å². The van der Waals surface area contributed by atoms with Crippen LogP contribution in [0.2, 0.25) is 0 Å². The summed E-state index contributed by atoms with van der Waals surface area (Å²) in [7, 11) is 3.94. The van der Waals surface area contributed by atoms with Gasteiger partial charge in [-0.1, -0.05) is 31.7 Å². The van der Waals surface area contributed by atoms with Crippen molar-refractivity contribution in [3.8, 4) is 0 Å². The molecule has 0 radical (unpaired) electrons. The predicted molar refractivity (Wildman–Crippen MR) is 82.5 cm³/mol. The van der Waals surface area contributed by atoms with Gasteiger partial charge in [-0.05, 0) is 23.6 Å². The Morgan fingerprint density at radius 2 is 2.05 bits per heavy atom. The number of benzene rings is 1. The Morgan fingerprint density at radius 1 is 1.37 bits per heavy atom. The van der Waals surface area contributed by atoms with Crippen LogP contribution in [0.3, 0.4) is 0 Å². The molecule has 0 atom stereocenters. The third kappa shape index (κ3) is 2.61. The predicted octanol–water partition coefficient (Wildman–Crippen LogP) is 2.89. The summed E-state index contributed by atoms with van der Waals surface area (Å²) in [5.41, 5.74) is 2.99. The van der Waals surface area contributed by atoms with Crippen LogP contribution in [0.5, 0.6) is 0 Å². The Kier molecular flexibility index (Phi) is 3.85. The molecule has 1 aliphatic rings. The first-order valence-corrected chi connectivity index (χ1v) is 7.26. The van der Waals surface area contributed by atoms with Crippen molar-refractivity contribution in [3.63, 3.8) is 0 Å². The second-order valence-corrected chi connectivity index (χ2v) is 6.08. The van der Waals surface area contributed by atoms with Crippen LogP contribution in [0.4, 0.5) is 11.4 Å². The third-order valence-electron chi connectivity index (χ3n) is 3.18. The van der Waals surface area contributed by atoms with Crippen molar-refractivity contribution in [1.29, 1.82) is 5.41 Å². The lowest BCUT2D eigenvalue weighted by molar-refractivity contribution is -0.115. The normalized spacial score (nSPS) is 15.5. The van der Waals surface area contributed by atoms with E-state index in [0.717, 1.165) is 16.9 Å². The average Bonchev–Trinajstić information content (AvgIpc) is 2.68. The third-order valence-corrected chi connectivity index (χ3v) is 4.03. The van der Waals surface area contributed by atoms with Gasteiger partial charge >= 0.3 is 0 Å². The average molecular weight is 277 g/mol. The Morgan fingerprint density at radius 3 is 2.53 bits per heavy atom. The fourth-order valence-corrected chi connectivity index (χ4v) is 2.83. The van der Waals surface area contributed by atoms with Crippen molar-refractivity contribution in [2.75, 3.05) is 29.6 Å². The number of amidine groups is 1. The highest BCUT2D eigenvalue weighted by atomic mass is 32.2. The van der Waals surface area contributed by atoms with Crippen LogP contribution in [0.15, 0.2) is 18.2 Å². The molecule has 1 amide bonds. The van der Waals surface area contributed by atoms with E-state index in [2.05, 4.69) is 26.0 Å². The van der Waals surface area contributed by atoms with Crippen molar-refractivity contribution < 1.29 is 4.79 Å². The van der Waals surface area contributed by atoms with Crippen LogP contribution in [-0.4, -0.2) is 30.9 Å². The first-order valence-electron chi connectivity index (χ1n) is 6.27. The number of hydrogen-bond donors (Lipinski definition) is 1. The van der Waals surface area contributed by atoms with Crippen LogP contribution in [0.1, 0.15) is 25.3 Å². The van der Waals surface area contributed by atoms with Crippen molar-refractivity contribution in [2.24, 2.45) is 0 Å². The van der Waals surface area contributed by atoms with Gasteiger partial charge in [0.25, 0.3) is 0 Å². The molecule has 5 heteroatoms. The Bertz CT molecular complexity index is 509. The van der Waals surface area contributed by atoms with Gasteiger partial charge in [0.05, 0.1) is 11.4 Å². The summed E-state index contributed by atoms with van der Waals surface area (Å²) in [5, 5.41) is 8.27.